The highest BCUT2D eigenvalue weighted by Gasteiger charge is 2.09. The quantitative estimate of drug-likeness (QED) is 0.754. The largest absolute Gasteiger partial charge is 0.325 e. The zero-order valence-electron chi connectivity index (χ0n) is 13.2. The van der Waals surface area contributed by atoms with Gasteiger partial charge in [0.2, 0.25) is 5.91 Å². The molecule has 3 rings (SSSR count). The molecule has 0 spiro atoms. The Morgan fingerprint density at radius 3 is 2.65 bits per heavy atom. The molecule has 0 aliphatic rings. The molecule has 116 valence electrons. The van der Waals surface area contributed by atoms with Gasteiger partial charge in [-0.1, -0.05) is 56.3 Å². The van der Waals surface area contributed by atoms with E-state index in [1.54, 1.807) is 0 Å². The fourth-order valence-electron chi connectivity index (χ4n) is 2.31. The predicted molar refractivity (Wildman–Crippen MR) is 94.9 cm³/mol. The van der Waals surface area contributed by atoms with Crippen LogP contribution in [-0.4, -0.2) is 16.1 Å². The Balaban J connectivity index is 1.89. The van der Waals surface area contributed by atoms with Crippen LogP contribution in [0.2, 0.25) is 0 Å². The number of carbonyl (C=O) groups excluding carboxylic acids is 1. The van der Waals surface area contributed by atoms with Crippen molar-refractivity contribution in [1.82, 2.24) is 10.2 Å². The van der Waals surface area contributed by atoms with Crippen LogP contribution in [0, 0.1) is 5.92 Å². The number of fused-ring (bicyclic) bond motifs is 1. The van der Waals surface area contributed by atoms with E-state index >= 15 is 0 Å². The molecule has 1 heterocycles. The number of hydrogen-bond acceptors (Lipinski definition) is 2. The number of rotatable bonds is 4. The van der Waals surface area contributed by atoms with Gasteiger partial charge in [-0.3, -0.25) is 9.89 Å². The minimum atomic E-state index is -0.0534. The van der Waals surface area contributed by atoms with Gasteiger partial charge in [-0.25, -0.2) is 0 Å². The van der Waals surface area contributed by atoms with Crippen LogP contribution in [0.15, 0.2) is 48.5 Å². The summed E-state index contributed by atoms with van der Waals surface area (Å²) in [7, 11) is 0. The number of para-hydroxylation sites is 2. The fraction of sp³-hybridized carbons (Fsp3) is 0.158. The Morgan fingerprint density at radius 2 is 1.83 bits per heavy atom. The van der Waals surface area contributed by atoms with E-state index in [0.717, 1.165) is 27.8 Å². The maximum atomic E-state index is 11.9. The number of amides is 1. The van der Waals surface area contributed by atoms with Crippen molar-refractivity contribution in [2.24, 2.45) is 5.92 Å². The first-order valence-corrected chi connectivity index (χ1v) is 7.66. The van der Waals surface area contributed by atoms with Crippen LogP contribution in [0.5, 0.6) is 0 Å². The number of hydrogen-bond donors (Lipinski definition) is 2. The monoisotopic (exact) mass is 305 g/mol. The van der Waals surface area contributed by atoms with Crippen LogP contribution in [0.4, 0.5) is 5.69 Å². The van der Waals surface area contributed by atoms with Crippen LogP contribution in [0.1, 0.15) is 25.1 Å². The first-order chi connectivity index (χ1) is 11.1. The first kappa shape index (κ1) is 15.0. The Hall–Kier alpha value is -2.88. The van der Waals surface area contributed by atoms with E-state index in [9.17, 15) is 4.79 Å². The molecule has 0 saturated heterocycles. The van der Waals surface area contributed by atoms with E-state index < -0.39 is 0 Å². The van der Waals surface area contributed by atoms with Gasteiger partial charge >= 0.3 is 0 Å². The van der Waals surface area contributed by atoms with Gasteiger partial charge < -0.3 is 5.32 Å². The van der Waals surface area contributed by atoms with E-state index in [1.807, 2.05) is 74.5 Å². The van der Waals surface area contributed by atoms with Gasteiger partial charge in [0.1, 0.15) is 0 Å². The molecule has 1 amide bonds. The average Bonchev–Trinajstić information content (AvgIpc) is 2.97. The van der Waals surface area contributed by atoms with E-state index in [0.29, 0.717) is 0 Å². The highest BCUT2D eigenvalue weighted by molar-refractivity contribution is 5.95. The molecule has 23 heavy (non-hydrogen) atoms. The van der Waals surface area contributed by atoms with Crippen molar-refractivity contribution in [2.45, 2.75) is 13.8 Å². The van der Waals surface area contributed by atoms with Crippen LogP contribution < -0.4 is 5.32 Å². The van der Waals surface area contributed by atoms with Gasteiger partial charge in [0, 0.05) is 17.0 Å². The summed E-state index contributed by atoms with van der Waals surface area (Å²) in [6.07, 6.45) is 3.93. The van der Waals surface area contributed by atoms with E-state index in [2.05, 4.69) is 15.5 Å². The van der Waals surface area contributed by atoms with Gasteiger partial charge in [0.15, 0.2) is 0 Å². The number of aromatic amines is 1. The van der Waals surface area contributed by atoms with Gasteiger partial charge in [-0.2, -0.15) is 5.10 Å². The van der Waals surface area contributed by atoms with E-state index in [-0.39, 0.29) is 11.8 Å². The lowest BCUT2D eigenvalue weighted by Gasteiger charge is -2.10. The topological polar surface area (TPSA) is 57.8 Å². The van der Waals surface area contributed by atoms with Gasteiger partial charge in [0.05, 0.1) is 11.2 Å². The number of benzene rings is 2. The minimum absolute atomic E-state index is 0.0102. The van der Waals surface area contributed by atoms with Gasteiger partial charge in [0.25, 0.3) is 0 Å². The lowest BCUT2D eigenvalue weighted by molar-refractivity contribution is -0.118. The summed E-state index contributed by atoms with van der Waals surface area (Å²) < 4.78 is 0. The van der Waals surface area contributed by atoms with E-state index in [1.165, 1.54) is 0 Å². The van der Waals surface area contributed by atoms with Gasteiger partial charge in [-0.15, -0.1) is 0 Å². The summed E-state index contributed by atoms with van der Waals surface area (Å²) in [6.45, 7) is 3.76. The molecule has 4 nitrogen and oxygen atoms in total. The molecule has 0 unspecified atom stereocenters. The minimum Gasteiger partial charge on any atom is -0.325 e. The molecule has 0 atom stereocenters. The normalized spacial score (nSPS) is 11.4. The second kappa shape index (κ2) is 6.48. The fourth-order valence-corrected chi connectivity index (χ4v) is 2.31. The lowest BCUT2D eigenvalue weighted by atomic mass is 10.1. The number of aromatic nitrogens is 2. The Morgan fingerprint density at radius 1 is 1.09 bits per heavy atom. The molecule has 0 radical (unpaired) electrons. The molecule has 0 saturated carbocycles. The van der Waals surface area contributed by atoms with Crippen molar-refractivity contribution >= 4 is 34.6 Å². The lowest BCUT2D eigenvalue weighted by Crippen LogP contribution is -2.18. The van der Waals surface area contributed by atoms with Crippen LogP contribution in [0.3, 0.4) is 0 Å². The molecular formula is C19H19N3O. The zero-order chi connectivity index (χ0) is 16.2. The summed E-state index contributed by atoms with van der Waals surface area (Å²) in [5.41, 5.74) is 3.65. The molecule has 2 aromatic carbocycles. The van der Waals surface area contributed by atoms with Crippen LogP contribution in [0.25, 0.3) is 23.1 Å². The molecule has 0 aliphatic heterocycles. The number of anilines is 1. The maximum absolute atomic E-state index is 11.9. The Labute approximate surface area is 135 Å². The second-order valence-electron chi connectivity index (χ2n) is 5.72. The SMILES string of the molecule is CC(C)C(=O)Nc1ccccc1C=Cc1n[nH]c2ccccc12. The third-order valence-electron chi connectivity index (χ3n) is 3.66. The molecule has 4 heteroatoms. The summed E-state index contributed by atoms with van der Waals surface area (Å²) in [4.78, 5) is 11.9. The third kappa shape index (κ3) is 3.31. The molecule has 0 bridgehead atoms. The maximum Gasteiger partial charge on any atom is 0.226 e. The van der Waals surface area contributed by atoms with Crippen molar-refractivity contribution in [2.75, 3.05) is 5.32 Å². The smallest absolute Gasteiger partial charge is 0.226 e. The number of nitrogens with one attached hydrogen (secondary N) is 2. The Kier molecular flexibility index (Phi) is 4.24. The highest BCUT2D eigenvalue weighted by Crippen LogP contribution is 2.21. The molecule has 0 fully saturated rings. The zero-order valence-corrected chi connectivity index (χ0v) is 13.2. The van der Waals surface area contributed by atoms with Crippen LogP contribution in [-0.2, 0) is 4.79 Å². The molecule has 3 aromatic rings. The number of carbonyl (C=O) groups is 1. The molecule has 1 aromatic heterocycles. The predicted octanol–water partition coefficient (Wildman–Crippen LogP) is 4.33. The summed E-state index contributed by atoms with van der Waals surface area (Å²) in [5.74, 6) is -0.0432. The average molecular weight is 305 g/mol. The van der Waals surface area contributed by atoms with E-state index in [4.69, 9.17) is 0 Å². The van der Waals surface area contributed by atoms with Crippen molar-refractivity contribution in [1.29, 1.82) is 0 Å². The number of H-pyrrole nitrogens is 1. The molecular weight excluding hydrogens is 286 g/mol. The van der Waals surface area contributed by atoms with Gasteiger partial charge in [-0.05, 0) is 23.8 Å². The van der Waals surface area contributed by atoms with Crippen molar-refractivity contribution in [3.05, 3.63) is 59.8 Å². The molecule has 2 N–H and O–H groups in total. The molecule has 0 aliphatic carbocycles. The summed E-state index contributed by atoms with van der Waals surface area (Å²) >= 11 is 0. The number of nitrogens with zero attached hydrogens (tertiary/aromatic N) is 1. The third-order valence-corrected chi connectivity index (χ3v) is 3.66. The highest BCUT2D eigenvalue weighted by atomic mass is 16.1. The van der Waals surface area contributed by atoms with Crippen molar-refractivity contribution in [3.8, 4) is 0 Å². The van der Waals surface area contributed by atoms with Crippen molar-refractivity contribution < 1.29 is 4.79 Å². The summed E-state index contributed by atoms with van der Waals surface area (Å²) in [5, 5.41) is 11.4. The first-order valence-electron chi connectivity index (χ1n) is 7.66. The van der Waals surface area contributed by atoms with Crippen molar-refractivity contribution in [3.63, 3.8) is 0 Å². The standard InChI is InChI=1S/C19H19N3O/c1-13(2)19(23)20-16-9-5-3-7-14(16)11-12-18-15-8-4-6-10-17(15)21-22-18/h3-13H,1-2H3,(H,20,23)(H,21,22). The Bertz CT molecular complexity index is 862. The second-order valence-corrected chi connectivity index (χ2v) is 5.72. The van der Waals surface area contributed by atoms with Crippen LogP contribution >= 0.6 is 0 Å². The summed E-state index contributed by atoms with van der Waals surface area (Å²) in [6, 6.07) is 15.7.